The summed E-state index contributed by atoms with van der Waals surface area (Å²) in [5.41, 5.74) is 19.2. The Balaban J connectivity index is 1.19. The second-order valence-corrected chi connectivity index (χ2v) is 20.6. The monoisotopic (exact) mass is 1000 g/mol. The second kappa shape index (κ2) is 24.9. The summed E-state index contributed by atoms with van der Waals surface area (Å²) in [6.07, 6.45) is 8.27. The minimum absolute atomic E-state index is 0.269. The lowest BCUT2D eigenvalue weighted by Gasteiger charge is -2.29. The Morgan fingerprint density at radius 1 is 0.316 bits per heavy atom. The van der Waals surface area contributed by atoms with Gasteiger partial charge in [-0.25, -0.2) is 0 Å². The van der Waals surface area contributed by atoms with E-state index in [4.69, 9.17) is 0 Å². The maximum atomic E-state index is 11.5. The van der Waals surface area contributed by atoms with E-state index in [-0.39, 0.29) is 23.0 Å². The Morgan fingerprint density at radius 3 is 0.711 bits per heavy atom. The molecule has 0 atom stereocenters. The van der Waals surface area contributed by atoms with Gasteiger partial charge in [-0.1, -0.05) is 146 Å². The molecule has 0 heterocycles. The van der Waals surface area contributed by atoms with Crippen LogP contribution in [0, 0.1) is 27.7 Å². The fourth-order valence-corrected chi connectivity index (χ4v) is 10.2. The third-order valence-electron chi connectivity index (χ3n) is 14.3. The standard InChI is InChI=1S/C70H72N2O4/c1-47(59-21-13-9-14-22-59)35-63-39-55(31-51(5)67(63)73)43-71(44-56-32-52(6)68(74)64(40-56)36-48(2)60-23-15-10-16-24-60)29-30-72(45-57-33-53(7)69(75)65(41-57)37-49(3)61-25-17-11-18-26-61)46-58-34-54(8)70(76)66(42-58)38-50(4)62-27-19-12-20-28-62/h9-28,31-42,73-76H,29-30,43-46H2,1-8H3. The predicted octanol–water partition coefficient (Wildman–Crippen LogP) is 16.7. The van der Waals surface area contributed by atoms with E-state index < -0.39 is 0 Å². The van der Waals surface area contributed by atoms with Gasteiger partial charge < -0.3 is 20.4 Å². The molecule has 0 unspecified atom stereocenters. The van der Waals surface area contributed by atoms with Crippen LogP contribution in [0.2, 0.25) is 0 Å². The first-order valence-electron chi connectivity index (χ1n) is 26.3. The van der Waals surface area contributed by atoms with E-state index in [1.165, 1.54) is 0 Å². The molecule has 0 fully saturated rings. The van der Waals surface area contributed by atoms with Crippen LogP contribution < -0.4 is 0 Å². The Kier molecular flexibility index (Phi) is 17.7. The van der Waals surface area contributed by atoms with Gasteiger partial charge in [0.25, 0.3) is 0 Å². The highest BCUT2D eigenvalue weighted by atomic mass is 16.3. The highest BCUT2D eigenvalue weighted by molar-refractivity contribution is 5.85. The zero-order valence-electron chi connectivity index (χ0n) is 45.4. The number of aryl methyl sites for hydroxylation is 4. The molecular formula is C70H72N2O4. The van der Waals surface area contributed by atoms with Crippen LogP contribution in [0.4, 0.5) is 0 Å². The van der Waals surface area contributed by atoms with Crippen LogP contribution in [0.25, 0.3) is 46.6 Å². The van der Waals surface area contributed by atoms with Crippen molar-refractivity contribution in [3.05, 3.63) is 259 Å². The molecule has 0 radical (unpaired) electrons. The summed E-state index contributed by atoms with van der Waals surface area (Å²) in [4.78, 5) is 4.91. The van der Waals surface area contributed by atoms with E-state index in [1.807, 2.05) is 100 Å². The molecule has 386 valence electrons. The second-order valence-electron chi connectivity index (χ2n) is 20.6. The van der Waals surface area contributed by atoms with Crippen molar-refractivity contribution >= 4 is 46.6 Å². The van der Waals surface area contributed by atoms with Crippen LogP contribution in [0.1, 0.15) is 117 Å². The predicted molar refractivity (Wildman–Crippen MR) is 320 cm³/mol. The highest BCUT2D eigenvalue weighted by Crippen LogP contribution is 2.34. The molecule has 0 aliphatic rings. The van der Waals surface area contributed by atoms with Gasteiger partial charge in [0.1, 0.15) is 23.0 Å². The Morgan fingerprint density at radius 2 is 0.513 bits per heavy atom. The van der Waals surface area contributed by atoms with Crippen molar-refractivity contribution in [1.29, 1.82) is 0 Å². The molecule has 0 amide bonds. The largest absolute Gasteiger partial charge is 0.507 e. The first-order chi connectivity index (χ1) is 36.6. The van der Waals surface area contributed by atoms with Crippen LogP contribution >= 0.6 is 0 Å². The number of phenolic OH excluding ortho intramolecular Hbond substituents is 4. The molecule has 0 aliphatic carbocycles. The summed E-state index contributed by atoms with van der Waals surface area (Å²) in [7, 11) is 0. The van der Waals surface area contributed by atoms with Gasteiger partial charge in [-0.2, -0.15) is 0 Å². The molecule has 8 aromatic carbocycles. The van der Waals surface area contributed by atoms with Crippen molar-refractivity contribution in [1.82, 2.24) is 9.80 Å². The van der Waals surface area contributed by atoms with E-state index in [0.29, 0.717) is 39.3 Å². The lowest BCUT2D eigenvalue weighted by Crippen LogP contribution is -2.34. The van der Waals surface area contributed by atoms with Gasteiger partial charge in [-0.3, -0.25) is 9.80 Å². The average molecular weight is 1010 g/mol. The number of benzene rings is 8. The van der Waals surface area contributed by atoms with Gasteiger partial charge in [0.2, 0.25) is 0 Å². The number of aromatic hydroxyl groups is 4. The van der Waals surface area contributed by atoms with Crippen molar-refractivity contribution in [2.24, 2.45) is 0 Å². The number of nitrogens with zero attached hydrogens (tertiary/aromatic N) is 2. The van der Waals surface area contributed by atoms with Crippen LogP contribution in [0.3, 0.4) is 0 Å². The molecule has 6 heteroatoms. The first kappa shape index (κ1) is 54.1. The van der Waals surface area contributed by atoms with Gasteiger partial charge in [-0.05, 0) is 193 Å². The van der Waals surface area contributed by atoms with Crippen LogP contribution in [-0.2, 0) is 26.2 Å². The lowest BCUT2D eigenvalue weighted by molar-refractivity contribution is 0.182. The molecule has 0 aromatic heterocycles. The van der Waals surface area contributed by atoms with E-state index in [0.717, 1.165) is 111 Å². The highest BCUT2D eigenvalue weighted by Gasteiger charge is 2.19. The fraction of sp³-hybridized carbons (Fsp3) is 0.200. The maximum Gasteiger partial charge on any atom is 0.125 e. The zero-order chi connectivity index (χ0) is 53.9. The summed E-state index contributed by atoms with van der Waals surface area (Å²) < 4.78 is 0. The third kappa shape index (κ3) is 14.0. The molecule has 6 nitrogen and oxygen atoms in total. The third-order valence-corrected chi connectivity index (χ3v) is 14.3. The lowest BCUT2D eigenvalue weighted by atomic mass is 9.98. The van der Waals surface area contributed by atoms with Crippen molar-refractivity contribution in [2.75, 3.05) is 13.1 Å². The van der Waals surface area contributed by atoms with Gasteiger partial charge >= 0.3 is 0 Å². The fourth-order valence-electron chi connectivity index (χ4n) is 10.2. The number of phenols is 4. The van der Waals surface area contributed by atoms with Gasteiger partial charge in [-0.15, -0.1) is 0 Å². The summed E-state index contributed by atoms with van der Waals surface area (Å²) in [6, 6.07) is 57.8. The summed E-state index contributed by atoms with van der Waals surface area (Å²) in [6.45, 7) is 19.9. The molecule has 8 rings (SSSR count). The molecule has 0 spiro atoms. The van der Waals surface area contributed by atoms with Crippen LogP contribution in [0.5, 0.6) is 23.0 Å². The summed E-state index contributed by atoms with van der Waals surface area (Å²) in [5, 5.41) is 45.9. The summed E-state index contributed by atoms with van der Waals surface area (Å²) >= 11 is 0. The Labute approximate surface area is 451 Å². The Hall–Kier alpha value is -8.16. The molecule has 8 aromatic rings. The molecular weight excluding hydrogens is 933 g/mol. The number of hydrogen-bond acceptors (Lipinski definition) is 6. The van der Waals surface area contributed by atoms with Crippen molar-refractivity contribution < 1.29 is 20.4 Å². The van der Waals surface area contributed by atoms with Gasteiger partial charge in [0.05, 0.1) is 0 Å². The molecule has 0 bridgehead atoms. The van der Waals surface area contributed by atoms with E-state index in [2.05, 4.69) is 159 Å². The van der Waals surface area contributed by atoms with Crippen molar-refractivity contribution in [3.8, 4) is 23.0 Å². The minimum Gasteiger partial charge on any atom is -0.507 e. The van der Waals surface area contributed by atoms with Gasteiger partial charge in [0.15, 0.2) is 0 Å². The van der Waals surface area contributed by atoms with Crippen LogP contribution in [-0.4, -0.2) is 43.3 Å². The van der Waals surface area contributed by atoms with E-state index >= 15 is 0 Å². The van der Waals surface area contributed by atoms with Gasteiger partial charge in [0, 0.05) is 61.5 Å². The number of rotatable bonds is 19. The maximum absolute atomic E-state index is 11.5. The van der Waals surface area contributed by atoms with E-state index in [9.17, 15) is 20.4 Å². The first-order valence-corrected chi connectivity index (χ1v) is 26.3. The quantitative estimate of drug-likeness (QED) is 0.0604. The number of hydrogen-bond donors (Lipinski definition) is 4. The minimum atomic E-state index is 0.269. The topological polar surface area (TPSA) is 87.4 Å². The molecule has 0 aliphatic heterocycles. The smallest absolute Gasteiger partial charge is 0.125 e. The normalized spacial score (nSPS) is 12.5. The van der Waals surface area contributed by atoms with Crippen LogP contribution in [0.15, 0.2) is 170 Å². The Bertz CT molecular complexity index is 2970. The van der Waals surface area contributed by atoms with E-state index in [1.54, 1.807) is 0 Å². The average Bonchev–Trinajstić information content (AvgIpc) is 3.42. The zero-order valence-corrected chi connectivity index (χ0v) is 45.4. The molecule has 76 heavy (non-hydrogen) atoms. The SMILES string of the molecule is CC(=Cc1cc(CN(CCN(Cc2cc(C)c(O)c(C=C(C)c3ccccc3)c2)Cc2cc(C)c(O)c(C=C(C)c3ccccc3)c2)Cc2cc(C)c(O)c(C=C(C)c3ccccc3)c2)cc(C)c1O)c1ccccc1. The van der Waals surface area contributed by atoms with Crippen molar-refractivity contribution in [3.63, 3.8) is 0 Å². The summed E-state index contributed by atoms with van der Waals surface area (Å²) in [5.74, 6) is 1.08. The molecule has 0 saturated heterocycles. The van der Waals surface area contributed by atoms with Crippen molar-refractivity contribution in [2.45, 2.75) is 81.6 Å². The molecule has 0 saturated carbocycles. The number of allylic oxidation sites excluding steroid dienone is 4. The molecule has 4 N–H and O–H groups in total.